The van der Waals surface area contributed by atoms with E-state index in [2.05, 4.69) is 26.2 Å². The normalized spacial score (nSPS) is 17.9. The van der Waals surface area contributed by atoms with Gasteiger partial charge in [-0.25, -0.2) is 17.7 Å². The predicted octanol–water partition coefficient (Wildman–Crippen LogP) is 3.01. The molecule has 7 heteroatoms. The second kappa shape index (κ2) is 7.27. The minimum absolute atomic E-state index is 0.163. The zero-order valence-electron chi connectivity index (χ0n) is 13.3. The molecule has 0 aromatic carbocycles. The summed E-state index contributed by atoms with van der Waals surface area (Å²) in [4.78, 5) is 4.48. The first-order chi connectivity index (χ1) is 10.3. The van der Waals surface area contributed by atoms with E-state index in [9.17, 15) is 8.42 Å². The summed E-state index contributed by atoms with van der Waals surface area (Å²) in [5.74, 6) is 1.25. The monoisotopic (exact) mass is 389 g/mol. The van der Waals surface area contributed by atoms with Gasteiger partial charge in [0.2, 0.25) is 10.0 Å². The maximum atomic E-state index is 12.2. The molecule has 0 atom stereocenters. The Morgan fingerprint density at radius 3 is 2.55 bits per heavy atom. The van der Waals surface area contributed by atoms with Crippen molar-refractivity contribution < 1.29 is 8.42 Å². The van der Waals surface area contributed by atoms with E-state index in [1.165, 1.54) is 0 Å². The van der Waals surface area contributed by atoms with Crippen LogP contribution in [0, 0.1) is 12.8 Å². The molecule has 1 aliphatic heterocycles. The molecular weight excluding hydrogens is 366 g/mol. The molecule has 1 aromatic heterocycles. The first kappa shape index (κ1) is 17.7. The second-order valence-corrected chi connectivity index (χ2v) is 9.12. The molecular formula is C15H24BrN3O2S. The van der Waals surface area contributed by atoms with E-state index in [-0.39, 0.29) is 17.7 Å². The molecule has 1 aromatic rings. The van der Waals surface area contributed by atoms with Gasteiger partial charge in [0, 0.05) is 23.6 Å². The lowest BCUT2D eigenvalue weighted by Gasteiger charge is -2.32. The highest BCUT2D eigenvalue weighted by molar-refractivity contribution is 9.10. The van der Waals surface area contributed by atoms with Gasteiger partial charge in [-0.05, 0) is 53.7 Å². The van der Waals surface area contributed by atoms with Gasteiger partial charge >= 0.3 is 0 Å². The van der Waals surface area contributed by atoms with Crippen LogP contribution in [0.5, 0.6) is 0 Å². The Bertz CT molecular complexity index is 611. The molecule has 1 aliphatic rings. The van der Waals surface area contributed by atoms with Crippen LogP contribution in [0.1, 0.15) is 32.4 Å². The minimum Gasteiger partial charge on any atom is -0.367 e. The average molecular weight is 390 g/mol. The highest BCUT2D eigenvalue weighted by atomic mass is 79.9. The van der Waals surface area contributed by atoms with E-state index in [0.717, 1.165) is 28.8 Å². The summed E-state index contributed by atoms with van der Waals surface area (Å²) in [5, 5.41) is 3.41. The van der Waals surface area contributed by atoms with Crippen LogP contribution in [-0.2, 0) is 10.0 Å². The summed E-state index contributed by atoms with van der Waals surface area (Å²) < 4.78 is 27.1. The van der Waals surface area contributed by atoms with E-state index >= 15 is 0 Å². The maximum absolute atomic E-state index is 12.2. The number of anilines is 1. The zero-order chi connectivity index (χ0) is 16.3. The third-order valence-corrected chi connectivity index (χ3v) is 6.84. The molecule has 0 amide bonds. The molecule has 2 heterocycles. The van der Waals surface area contributed by atoms with Crippen molar-refractivity contribution in [2.24, 2.45) is 5.92 Å². The van der Waals surface area contributed by atoms with E-state index in [1.807, 2.05) is 32.9 Å². The maximum Gasteiger partial charge on any atom is 0.214 e. The number of halogens is 1. The van der Waals surface area contributed by atoms with Crippen molar-refractivity contribution in [1.82, 2.24) is 9.29 Å². The average Bonchev–Trinajstić information content (AvgIpc) is 2.42. The van der Waals surface area contributed by atoms with Crippen molar-refractivity contribution in [3.63, 3.8) is 0 Å². The molecule has 1 fully saturated rings. The van der Waals surface area contributed by atoms with Gasteiger partial charge in [0.25, 0.3) is 0 Å². The minimum atomic E-state index is -3.11. The number of hydrogen-bond donors (Lipinski definition) is 1. The Morgan fingerprint density at radius 2 is 2.00 bits per heavy atom. The number of nitrogens with zero attached hydrogens (tertiary/aromatic N) is 2. The summed E-state index contributed by atoms with van der Waals surface area (Å²) in [6, 6.07) is 4.20. The van der Waals surface area contributed by atoms with Gasteiger partial charge in [0.1, 0.15) is 5.82 Å². The van der Waals surface area contributed by atoms with Crippen LogP contribution in [0.2, 0.25) is 0 Å². The third-order valence-electron chi connectivity index (χ3n) is 3.76. The Kier molecular flexibility index (Phi) is 5.85. The summed E-state index contributed by atoms with van der Waals surface area (Å²) in [6.07, 6.45) is 1.63. The number of rotatable bonds is 5. The molecule has 0 radical (unpaired) electrons. The molecule has 1 N–H and O–H groups in total. The standard InChI is InChI=1S/C15H24BrN3O2S/c1-11(2)10-22(20,21)19-8-6-13(7-9-19)18-15-5-4-14(16)12(3)17-15/h4-5,11,13H,6-10H2,1-3H3,(H,17,18). The number of aromatic nitrogens is 1. The fraction of sp³-hybridized carbons (Fsp3) is 0.667. The van der Waals surface area contributed by atoms with Gasteiger partial charge in [0.15, 0.2) is 0 Å². The molecule has 1 saturated heterocycles. The molecule has 2 rings (SSSR count). The largest absolute Gasteiger partial charge is 0.367 e. The summed E-state index contributed by atoms with van der Waals surface area (Å²) in [7, 11) is -3.11. The van der Waals surface area contributed by atoms with Crippen LogP contribution in [0.15, 0.2) is 16.6 Å². The van der Waals surface area contributed by atoms with Crippen molar-refractivity contribution in [1.29, 1.82) is 0 Å². The van der Waals surface area contributed by atoms with Crippen LogP contribution in [0.25, 0.3) is 0 Å². The fourth-order valence-corrected chi connectivity index (χ4v) is 4.68. The van der Waals surface area contributed by atoms with Crippen molar-refractivity contribution in [3.05, 3.63) is 22.3 Å². The highest BCUT2D eigenvalue weighted by Gasteiger charge is 2.28. The van der Waals surface area contributed by atoms with Gasteiger partial charge in [-0.15, -0.1) is 0 Å². The number of nitrogens with one attached hydrogen (secondary N) is 1. The quantitative estimate of drug-likeness (QED) is 0.840. The van der Waals surface area contributed by atoms with Crippen molar-refractivity contribution >= 4 is 31.8 Å². The fourth-order valence-electron chi connectivity index (χ4n) is 2.64. The van der Waals surface area contributed by atoms with Gasteiger partial charge in [0.05, 0.1) is 11.4 Å². The molecule has 0 aliphatic carbocycles. The summed E-state index contributed by atoms with van der Waals surface area (Å²) in [5.41, 5.74) is 0.946. The lowest BCUT2D eigenvalue weighted by Crippen LogP contribution is -2.43. The first-order valence-electron chi connectivity index (χ1n) is 7.65. The Labute approximate surface area is 141 Å². The van der Waals surface area contributed by atoms with Crippen molar-refractivity contribution in [3.8, 4) is 0 Å². The number of piperidine rings is 1. The lowest BCUT2D eigenvalue weighted by molar-refractivity contribution is 0.328. The molecule has 124 valence electrons. The topological polar surface area (TPSA) is 62.3 Å². The molecule has 5 nitrogen and oxygen atoms in total. The van der Waals surface area contributed by atoms with Crippen LogP contribution in [0.3, 0.4) is 0 Å². The Hall–Kier alpha value is -0.660. The Morgan fingerprint density at radius 1 is 1.36 bits per heavy atom. The predicted molar refractivity (Wildman–Crippen MR) is 93.5 cm³/mol. The van der Waals surface area contributed by atoms with Crippen molar-refractivity contribution in [2.75, 3.05) is 24.2 Å². The zero-order valence-corrected chi connectivity index (χ0v) is 15.7. The van der Waals surface area contributed by atoms with E-state index < -0.39 is 10.0 Å². The van der Waals surface area contributed by atoms with Gasteiger partial charge < -0.3 is 5.32 Å². The van der Waals surface area contributed by atoms with Crippen LogP contribution >= 0.6 is 15.9 Å². The highest BCUT2D eigenvalue weighted by Crippen LogP contribution is 2.21. The molecule has 0 saturated carbocycles. The number of pyridine rings is 1. The SMILES string of the molecule is Cc1nc(NC2CCN(S(=O)(=O)CC(C)C)CC2)ccc1Br. The molecule has 0 spiro atoms. The van der Waals surface area contributed by atoms with E-state index in [4.69, 9.17) is 0 Å². The van der Waals surface area contributed by atoms with Gasteiger partial charge in [-0.3, -0.25) is 0 Å². The third kappa shape index (κ3) is 4.67. The van der Waals surface area contributed by atoms with Gasteiger partial charge in [-0.2, -0.15) is 0 Å². The van der Waals surface area contributed by atoms with Crippen LogP contribution < -0.4 is 5.32 Å². The molecule has 22 heavy (non-hydrogen) atoms. The number of aryl methyl sites for hydroxylation is 1. The summed E-state index contributed by atoms with van der Waals surface area (Å²) >= 11 is 3.44. The van der Waals surface area contributed by atoms with Gasteiger partial charge in [-0.1, -0.05) is 13.8 Å². The lowest BCUT2D eigenvalue weighted by atomic mass is 10.1. The van der Waals surface area contributed by atoms with Crippen molar-refractivity contribution in [2.45, 2.75) is 39.7 Å². The Balaban J connectivity index is 1.91. The molecule has 0 bridgehead atoms. The smallest absolute Gasteiger partial charge is 0.214 e. The summed E-state index contributed by atoms with van der Waals surface area (Å²) in [6.45, 7) is 7.00. The first-order valence-corrected chi connectivity index (χ1v) is 10.1. The molecule has 0 unspecified atom stereocenters. The van der Waals surface area contributed by atoms with Crippen LogP contribution in [0.4, 0.5) is 5.82 Å². The van der Waals surface area contributed by atoms with E-state index in [1.54, 1.807) is 4.31 Å². The number of hydrogen-bond acceptors (Lipinski definition) is 4. The second-order valence-electron chi connectivity index (χ2n) is 6.25. The van der Waals surface area contributed by atoms with Crippen LogP contribution in [-0.4, -0.2) is 42.6 Å². The number of sulfonamides is 1. The van der Waals surface area contributed by atoms with E-state index in [0.29, 0.717) is 13.1 Å².